The van der Waals surface area contributed by atoms with Crippen LogP contribution in [0.1, 0.15) is 34.3 Å². The maximum Gasteiger partial charge on any atom is 0.325 e. The summed E-state index contributed by atoms with van der Waals surface area (Å²) in [6.45, 7) is -0.382. The van der Waals surface area contributed by atoms with E-state index in [9.17, 15) is 19.2 Å². The van der Waals surface area contributed by atoms with Crippen LogP contribution in [0.4, 0.5) is 10.5 Å². The second kappa shape index (κ2) is 7.86. The maximum atomic E-state index is 13.2. The molecule has 8 heteroatoms. The molecule has 2 N–H and O–H groups in total. The van der Waals surface area contributed by atoms with Crippen molar-refractivity contribution in [3.8, 4) is 0 Å². The lowest BCUT2D eigenvalue weighted by Gasteiger charge is -2.33. The van der Waals surface area contributed by atoms with Crippen molar-refractivity contribution in [2.75, 3.05) is 26.0 Å². The maximum absolute atomic E-state index is 13.2. The second-order valence-electron chi connectivity index (χ2n) is 8.06. The Hall–Kier alpha value is -3.68. The van der Waals surface area contributed by atoms with Gasteiger partial charge >= 0.3 is 6.03 Å². The Labute approximate surface area is 180 Å². The lowest BCUT2D eigenvalue weighted by molar-refractivity contribution is -0.134. The number of carbonyl (C=O) groups is 4. The number of nitrogens with one attached hydrogen (secondary N) is 2. The van der Waals surface area contributed by atoms with Crippen LogP contribution in [0.2, 0.25) is 0 Å². The van der Waals surface area contributed by atoms with Crippen LogP contribution in [-0.4, -0.2) is 54.2 Å². The number of imide groups is 1. The van der Waals surface area contributed by atoms with Gasteiger partial charge in [0.25, 0.3) is 11.8 Å². The number of aryl methyl sites for hydroxylation is 1. The fourth-order valence-electron chi connectivity index (χ4n) is 4.25. The van der Waals surface area contributed by atoms with E-state index in [1.807, 2.05) is 24.3 Å². The predicted molar refractivity (Wildman–Crippen MR) is 114 cm³/mol. The van der Waals surface area contributed by atoms with E-state index in [2.05, 4.69) is 10.6 Å². The van der Waals surface area contributed by atoms with Crippen molar-refractivity contribution in [1.29, 1.82) is 0 Å². The lowest BCUT2D eigenvalue weighted by Crippen LogP contribution is -2.47. The van der Waals surface area contributed by atoms with Crippen LogP contribution in [0, 0.1) is 0 Å². The van der Waals surface area contributed by atoms with E-state index in [4.69, 9.17) is 0 Å². The first kappa shape index (κ1) is 20.6. The molecule has 2 aromatic rings. The zero-order valence-electron chi connectivity index (χ0n) is 17.5. The molecule has 160 valence electrons. The van der Waals surface area contributed by atoms with Crippen molar-refractivity contribution in [2.45, 2.75) is 24.8 Å². The van der Waals surface area contributed by atoms with Crippen molar-refractivity contribution < 1.29 is 19.2 Å². The molecule has 1 fully saturated rings. The summed E-state index contributed by atoms with van der Waals surface area (Å²) in [4.78, 5) is 52.8. The molecule has 1 spiro atoms. The van der Waals surface area contributed by atoms with Gasteiger partial charge in [-0.2, -0.15) is 0 Å². The minimum Gasteiger partial charge on any atom is -0.345 e. The first-order chi connectivity index (χ1) is 14.8. The highest BCUT2D eigenvalue weighted by molar-refractivity contribution is 6.10. The third kappa shape index (κ3) is 3.65. The number of hydrogen-bond donors (Lipinski definition) is 2. The van der Waals surface area contributed by atoms with Gasteiger partial charge < -0.3 is 15.5 Å². The molecule has 1 aliphatic heterocycles. The average molecular weight is 420 g/mol. The van der Waals surface area contributed by atoms with Crippen molar-refractivity contribution >= 4 is 29.4 Å². The van der Waals surface area contributed by atoms with E-state index < -0.39 is 23.4 Å². The molecular weight excluding hydrogens is 396 g/mol. The van der Waals surface area contributed by atoms with E-state index >= 15 is 0 Å². The van der Waals surface area contributed by atoms with Gasteiger partial charge in [-0.25, -0.2) is 4.79 Å². The highest BCUT2D eigenvalue weighted by Gasteiger charge is 2.54. The summed E-state index contributed by atoms with van der Waals surface area (Å²) in [5.41, 5.74) is 1.73. The topological polar surface area (TPSA) is 98.8 Å². The van der Waals surface area contributed by atoms with Gasteiger partial charge in [0.15, 0.2) is 0 Å². The number of hydrogen-bond acceptors (Lipinski definition) is 4. The van der Waals surface area contributed by atoms with Gasteiger partial charge in [-0.05, 0) is 54.7 Å². The van der Waals surface area contributed by atoms with Crippen LogP contribution in [-0.2, 0) is 21.5 Å². The normalized spacial score (nSPS) is 19.7. The number of urea groups is 1. The Morgan fingerprint density at radius 3 is 2.52 bits per heavy atom. The molecule has 31 heavy (non-hydrogen) atoms. The van der Waals surface area contributed by atoms with E-state index in [-0.39, 0.29) is 12.5 Å². The summed E-state index contributed by atoms with van der Waals surface area (Å²) < 4.78 is 0. The van der Waals surface area contributed by atoms with Crippen molar-refractivity contribution in [3.63, 3.8) is 0 Å². The number of fused-ring (bicyclic) bond motifs is 2. The molecule has 0 bridgehead atoms. The minimum atomic E-state index is -1.10. The Morgan fingerprint density at radius 2 is 1.81 bits per heavy atom. The van der Waals surface area contributed by atoms with Crippen molar-refractivity contribution in [2.24, 2.45) is 0 Å². The van der Waals surface area contributed by atoms with E-state index in [1.165, 1.54) is 4.90 Å². The number of rotatable bonds is 4. The van der Waals surface area contributed by atoms with Crippen LogP contribution in [0.25, 0.3) is 0 Å². The van der Waals surface area contributed by atoms with Gasteiger partial charge in [0, 0.05) is 25.3 Å². The zero-order chi connectivity index (χ0) is 22.2. The zero-order valence-corrected chi connectivity index (χ0v) is 17.5. The first-order valence-corrected chi connectivity index (χ1v) is 10.2. The summed E-state index contributed by atoms with van der Waals surface area (Å²) >= 11 is 0. The third-order valence-corrected chi connectivity index (χ3v) is 5.77. The smallest absolute Gasteiger partial charge is 0.325 e. The number of amides is 5. The van der Waals surface area contributed by atoms with Gasteiger partial charge in [0.05, 0.1) is 0 Å². The SMILES string of the molecule is CN(C)C(=O)c1ccc(NC(=O)CN2C(=O)N[C@@]3(CCCc4ccccc43)C2=O)cc1. The molecule has 5 amide bonds. The second-order valence-corrected chi connectivity index (χ2v) is 8.06. The summed E-state index contributed by atoms with van der Waals surface area (Å²) in [7, 11) is 3.32. The van der Waals surface area contributed by atoms with Gasteiger partial charge in [0.2, 0.25) is 5.91 Å². The molecule has 1 heterocycles. The van der Waals surface area contributed by atoms with Crippen molar-refractivity contribution in [3.05, 3.63) is 65.2 Å². The Balaban J connectivity index is 1.47. The molecule has 2 aromatic carbocycles. The molecule has 1 atom stereocenters. The molecular formula is C23H24N4O4. The number of nitrogens with zero attached hydrogens (tertiary/aromatic N) is 2. The third-order valence-electron chi connectivity index (χ3n) is 5.77. The molecule has 0 unspecified atom stereocenters. The van der Waals surface area contributed by atoms with Crippen LogP contribution < -0.4 is 10.6 Å². The van der Waals surface area contributed by atoms with E-state index in [0.29, 0.717) is 17.7 Å². The van der Waals surface area contributed by atoms with Crippen LogP contribution in [0.15, 0.2) is 48.5 Å². The molecule has 2 aliphatic rings. The molecule has 4 rings (SSSR count). The van der Waals surface area contributed by atoms with Gasteiger partial charge in [-0.1, -0.05) is 24.3 Å². The Kier molecular flexibility index (Phi) is 5.22. The molecule has 8 nitrogen and oxygen atoms in total. The van der Waals surface area contributed by atoms with Crippen molar-refractivity contribution in [1.82, 2.24) is 15.1 Å². The standard InChI is InChI=1S/C23H24N4O4/c1-26(2)20(29)16-9-11-17(12-10-16)24-19(28)14-27-21(30)23(25-22(27)31)13-5-7-15-6-3-4-8-18(15)23/h3-4,6,8-12H,5,7,13-14H2,1-2H3,(H,24,28)(H,25,31)/t23-/m1/s1. The van der Waals surface area contributed by atoms with Crippen LogP contribution in [0.5, 0.6) is 0 Å². The lowest BCUT2D eigenvalue weighted by atomic mass is 9.76. The molecule has 1 aliphatic carbocycles. The largest absolute Gasteiger partial charge is 0.345 e. The molecule has 0 aromatic heterocycles. The average Bonchev–Trinajstić information content (AvgIpc) is 2.98. The Morgan fingerprint density at radius 1 is 1.10 bits per heavy atom. The first-order valence-electron chi connectivity index (χ1n) is 10.2. The highest BCUT2D eigenvalue weighted by Crippen LogP contribution is 2.39. The van der Waals surface area contributed by atoms with Gasteiger partial charge in [-0.15, -0.1) is 0 Å². The fourth-order valence-corrected chi connectivity index (χ4v) is 4.25. The summed E-state index contributed by atoms with van der Waals surface area (Å²) in [5.74, 6) is -1.03. The monoisotopic (exact) mass is 420 g/mol. The summed E-state index contributed by atoms with van der Waals surface area (Å²) in [6, 6.07) is 13.5. The quantitative estimate of drug-likeness (QED) is 0.740. The number of carbonyl (C=O) groups excluding carboxylic acids is 4. The van der Waals surface area contributed by atoms with Gasteiger partial charge in [-0.3, -0.25) is 19.3 Å². The number of benzene rings is 2. The fraction of sp³-hybridized carbons (Fsp3) is 0.304. The summed E-state index contributed by atoms with van der Waals surface area (Å²) in [5, 5.41) is 5.52. The van der Waals surface area contributed by atoms with E-state index in [1.54, 1.807) is 38.4 Å². The molecule has 1 saturated heterocycles. The summed E-state index contributed by atoms with van der Waals surface area (Å²) in [6.07, 6.45) is 2.14. The van der Waals surface area contributed by atoms with Crippen LogP contribution in [0.3, 0.4) is 0 Å². The van der Waals surface area contributed by atoms with Crippen LogP contribution >= 0.6 is 0 Å². The predicted octanol–water partition coefficient (Wildman–Crippen LogP) is 2.11. The molecule has 0 radical (unpaired) electrons. The van der Waals surface area contributed by atoms with Gasteiger partial charge in [0.1, 0.15) is 12.1 Å². The highest BCUT2D eigenvalue weighted by atomic mass is 16.2. The Bertz CT molecular complexity index is 1060. The molecule has 0 saturated carbocycles. The number of anilines is 1. The van der Waals surface area contributed by atoms with E-state index in [0.717, 1.165) is 28.9 Å². The minimum absolute atomic E-state index is 0.143.